The van der Waals surface area contributed by atoms with Crippen LogP contribution in [0.5, 0.6) is 0 Å². The molecular weight excluding hydrogens is 368 g/mol. The summed E-state index contributed by atoms with van der Waals surface area (Å²) in [6.45, 7) is 4.30. The highest BCUT2D eigenvalue weighted by Crippen LogP contribution is 2.39. The topological polar surface area (TPSA) is 149 Å². The minimum absolute atomic E-state index is 0.121. The quantitative estimate of drug-likeness (QED) is 0.367. The average molecular weight is 391 g/mol. The lowest BCUT2D eigenvalue weighted by Gasteiger charge is -2.31. The number of esters is 1. The molecule has 0 spiro atoms. The molecule has 5 N–H and O–H groups in total. The summed E-state index contributed by atoms with van der Waals surface area (Å²) in [5.41, 5.74) is 3.21. The summed E-state index contributed by atoms with van der Waals surface area (Å²) >= 11 is 5.40. The molecule has 1 saturated heterocycles. The van der Waals surface area contributed by atoms with Crippen LogP contribution in [0.4, 0.5) is 5.82 Å². The third-order valence-corrected chi connectivity index (χ3v) is 4.50. The number of aromatic nitrogens is 2. The summed E-state index contributed by atoms with van der Waals surface area (Å²) in [6.07, 6.45) is -2.20. The molecule has 1 fully saturated rings. The van der Waals surface area contributed by atoms with Crippen molar-refractivity contribution >= 4 is 23.6 Å². The second-order valence-electron chi connectivity index (χ2n) is 6.66. The Morgan fingerprint density at radius 1 is 1.62 bits per heavy atom. The van der Waals surface area contributed by atoms with Crippen LogP contribution in [-0.2, 0) is 14.3 Å². The Morgan fingerprint density at radius 3 is 2.77 bits per heavy atom. The van der Waals surface area contributed by atoms with E-state index in [1.165, 1.54) is 19.2 Å². The molecule has 0 radical (unpaired) electrons. The molecule has 11 heteroatoms. The van der Waals surface area contributed by atoms with E-state index in [1.807, 2.05) is 0 Å². The first-order valence-corrected chi connectivity index (χ1v) is 8.41. The predicted molar refractivity (Wildman–Crippen MR) is 92.3 cm³/mol. The van der Waals surface area contributed by atoms with Crippen LogP contribution in [0.2, 0.25) is 0 Å². The number of rotatable bonds is 6. The smallest absolute Gasteiger partial charge is 0.351 e. The first-order valence-electron chi connectivity index (χ1n) is 8.04. The summed E-state index contributed by atoms with van der Waals surface area (Å²) in [6, 6.07) is 0.498. The van der Waals surface area contributed by atoms with Gasteiger partial charge in [-0.2, -0.15) is 4.98 Å². The van der Waals surface area contributed by atoms with Gasteiger partial charge in [0.2, 0.25) is 0 Å². The minimum Gasteiger partial charge on any atom is -0.455 e. The molecule has 5 atom stereocenters. The minimum atomic E-state index is -1.82. The van der Waals surface area contributed by atoms with Crippen molar-refractivity contribution in [2.24, 2.45) is 11.7 Å². The number of aliphatic hydroxyl groups is 2. The molecule has 1 aromatic heterocycles. The average Bonchev–Trinajstić information content (AvgIpc) is 2.84. The lowest BCUT2D eigenvalue weighted by atomic mass is 9.95. The first-order chi connectivity index (χ1) is 12.1. The van der Waals surface area contributed by atoms with Crippen LogP contribution >= 0.6 is 11.8 Å². The number of nitrogens with zero attached hydrogens (tertiary/aromatic N) is 2. The Kier molecular flexibility index (Phi) is 6.25. The third kappa shape index (κ3) is 3.84. The zero-order chi connectivity index (χ0) is 19.6. The molecule has 2 unspecified atom stereocenters. The molecule has 2 rings (SSSR count). The number of halogens is 1. The van der Waals surface area contributed by atoms with Crippen molar-refractivity contribution in [3.05, 3.63) is 22.7 Å². The highest BCUT2D eigenvalue weighted by atomic mass is 35.5. The Hall–Kier alpha value is -1.72. The molecule has 146 valence electrons. The predicted octanol–water partition coefficient (Wildman–Crippen LogP) is -0.655. The number of anilines is 1. The van der Waals surface area contributed by atoms with Gasteiger partial charge in [-0.25, -0.2) is 4.79 Å². The molecule has 0 aliphatic carbocycles. The zero-order valence-corrected chi connectivity index (χ0v) is 15.4. The number of carbonyl (C=O) groups is 1. The molecule has 1 aromatic rings. The second-order valence-corrected chi connectivity index (χ2v) is 6.85. The monoisotopic (exact) mass is 390 g/mol. The fourth-order valence-electron chi connectivity index (χ4n) is 2.69. The summed E-state index contributed by atoms with van der Waals surface area (Å²) in [5.74, 6) is -0.796. The Balaban J connectivity index is 2.32. The van der Waals surface area contributed by atoms with Crippen LogP contribution in [-0.4, -0.2) is 56.2 Å². The Bertz CT molecular complexity index is 710. The van der Waals surface area contributed by atoms with Gasteiger partial charge in [-0.3, -0.25) is 14.2 Å². The summed E-state index contributed by atoms with van der Waals surface area (Å²) in [5, 5.41) is 20.5. The van der Waals surface area contributed by atoms with E-state index in [-0.39, 0.29) is 11.7 Å². The second kappa shape index (κ2) is 7.89. The lowest BCUT2D eigenvalue weighted by molar-refractivity contribution is -0.166. The highest BCUT2D eigenvalue weighted by molar-refractivity contribution is 6.23. The van der Waals surface area contributed by atoms with Gasteiger partial charge in [0.05, 0.1) is 6.61 Å². The molecule has 0 amide bonds. The van der Waals surface area contributed by atoms with E-state index in [9.17, 15) is 19.8 Å². The zero-order valence-electron chi connectivity index (χ0n) is 14.6. The van der Waals surface area contributed by atoms with Crippen LogP contribution in [0.3, 0.4) is 0 Å². The van der Waals surface area contributed by atoms with Gasteiger partial charge in [0.1, 0.15) is 23.6 Å². The van der Waals surface area contributed by atoms with Crippen LogP contribution in [0.25, 0.3) is 0 Å². The number of carbonyl (C=O) groups excluding carboxylic acids is 1. The summed E-state index contributed by atoms with van der Waals surface area (Å²) < 4.78 is 11.9. The fraction of sp³-hybridized carbons (Fsp3) is 0.667. The molecule has 2 heterocycles. The van der Waals surface area contributed by atoms with E-state index in [4.69, 9.17) is 27.0 Å². The number of nitrogens with one attached hydrogen (secondary N) is 1. The van der Waals surface area contributed by atoms with Gasteiger partial charge in [0, 0.05) is 18.0 Å². The Morgan fingerprint density at radius 2 is 2.27 bits per heavy atom. The maximum atomic E-state index is 12.2. The standard InChI is InChI=1S/C15H23ClN4O6/c1-7(2)10(17)12(22)26-11-8(6-21)25-13(15(11,3)24)20-5-4-9(19-16)18-14(20)23/h4-5,7-8,10-11,13,21,24H,6,17H2,1-3H3,(H,18,19,23)/t8-,10+,11?,13-,15?/m1/s1. The summed E-state index contributed by atoms with van der Waals surface area (Å²) in [7, 11) is 0. The van der Waals surface area contributed by atoms with E-state index in [0.29, 0.717) is 0 Å². The third-order valence-electron chi connectivity index (χ3n) is 4.31. The number of nitrogens with two attached hydrogens (primary N) is 1. The van der Waals surface area contributed by atoms with E-state index in [0.717, 1.165) is 4.57 Å². The van der Waals surface area contributed by atoms with E-state index in [1.54, 1.807) is 13.8 Å². The normalized spacial score (nSPS) is 29.6. The van der Waals surface area contributed by atoms with E-state index < -0.39 is 48.3 Å². The van der Waals surface area contributed by atoms with Gasteiger partial charge in [0.25, 0.3) is 0 Å². The van der Waals surface area contributed by atoms with Crippen molar-refractivity contribution in [2.75, 3.05) is 11.4 Å². The lowest BCUT2D eigenvalue weighted by Crippen LogP contribution is -2.51. The van der Waals surface area contributed by atoms with Crippen molar-refractivity contribution in [3.63, 3.8) is 0 Å². The molecule has 0 aromatic carbocycles. The molecule has 0 bridgehead atoms. The molecular formula is C15H23ClN4O6. The fourth-order valence-corrected chi connectivity index (χ4v) is 2.80. The van der Waals surface area contributed by atoms with Crippen molar-refractivity contribution in [1.29, 1.82) is 0 Å². The first kappa shape index (κ1) is 20.6. The van der Waals surface area contributed by atoms with Gasteiger partial charge in [-0.1, -0.05) is 13.8 Å². The number of aliphatic hydroxyl groups excluding tert-OH is 1. The van der Waals surface area contributed by atoms with Crippen molar-refractivity contribution in [2.45, 2.75) is 50.8 Å². The molecule has 0 saturated carbocycles. The Labute approximate surface area is 155 Å². The van der Waals surface area contributed by atoms with Crippen molar-refractivity contribution in [1.82, 2.24) is 9.55 Å². The van der Waals surface area contributed by atoms with Crippen LogP contribution in [0, 0.1) is 5.92 Å². The van der Waals surface area contributed by atoms with Gasteiger partial charge >= 0.3 is 11.7 Å². The maximum absolute atomic E-state index is 12.2. The number of hydrogen-bond acceptors (Lipinski definition) is 9. The number of hydrogen-bond donors (Lipinski definition) is 4. The van der Waals surface area contributed by atoms with Gasteiger partial charge in [0.15, 0.2) is 12.3 Å². The highest BCUT2D eigenvalue weighted by Gasteiger charge is 2.56. The number of ether oxygens (including phenoxy) is 2. The van der Waals surface area contributed by atoms with E-state index >= 15 is 0 Å². The van der Waals surface area contributed by atoms with Gasteiger partial charge in [-0.05, 0) is 18.9 Å². The largest absolute Gasteiger partial charge is 0.455 e. The van der Waals surface area contributed by atoms with Crippen LogP contribution in [0.15, 0.2) is 17.1 Å². The van der Waals surface area contributed by atoms with Crippen LogP contribution < -0.4 is 16.3 Å². The molecule has 10 nitrogen and oxygen atoms in total. The van der Waals surface area contributed by atoms with Gasteiger partial charge in [-0.15, -0.1) is 0 Å². The van der Waals surface area contributed by atoms with Crippen molar-refractivity contribution < 1.29 is 24.5 Å². The van der Waals surface area contributed by atoms with Crippen molar-refractivity contribution in [3.8, 4) is 0 Å². The maximum Gasteiger partial charge on any atom is 0.351 e. The summed E-state index contributed by atoms with van der Waals surface area (Å²) in [4.78, 5) is 30.2. The van der Waals surface area contributed by atoms with E-state index in [2.05, 4.69) is 9.82 Å². The molecule has 26 heavy (non-hydrogen) atoms. The molecule has 1 aliphatic heterocycles. The van der Waals surface area contributed by atoms with Gasteiger partial charge < -0.3 is 25.4 Å². The SMILES string of the molecule is CC(C)[C@H](N)C(=O)OC1[C@@H](CO)O[C@@H](n2ccc(NCl)nc2=O)C1(C)O. The molecule has 1 aliphatic rings. The van der Waals surface area contributed by atoms with Crippen LogP contribution in [0.1, 0.15) is 27.0 Å².